The first kappa shape index (κ1) is 18.4. The largest absolute Gasteiger partial charge is 0.463 e. The second-order valence-electron chi connectivity index (χ2n) is 6.69. The summed E-state index contributed by atoms with van der Waals surface area (Å²) in [6.07, 6.45) is 3.11. The number of pyridine rings is 1. The summed E-state index contributed by atoms with van der Waals surface area (Å²) in [6.45, 7) is 1.82. The van der Waals surface area contributed by atoms with Crippen LogP contribution in [-0.4, -0.2) is 36.4 Å². The van der Waals surface area contributed by atoms with E-state index in [0.29, 0.717) is 33.7 Å². The Hall–Kier alpha value is -4.60. The smallest absolute Gasteiger partial charge is 0.309 e. The van der Waals surface area contributed by atoms with E-state index < -0.39 is 11.8 Å². The lowest BCUT2D eigenvalue weighted by Gasteiger charge is -2.10. The van der Waals surface area contributed by atoms with Crippen molar-refractivity contribution in [1.29, 1.82) is 0 Å². The fourth-order valence-electron chi connectivity index (χ4n) is 3.15. The van der Waals surface area contributed by atoms with E-state index in [9.17, 15) is 9.59 Å². The van der Waals surface area contributed by atoms with Gasteiger partial charge in [0.05, 0.1) is 17.3 Å². The minimum absolute atomic E-state index is 0.113. The lowest BCUT2D eigenvalue weighted by molar-refractivity contribution is 0.0842. The van der Waals surface area contributed by atoms with Crippen molar-refractivity contribution >= 4 is 28.5 Å². The van der Waals surface area contributed by atoms with Crippen molar-refractivity contribution in [3.63, 3.8) is 0 Å². The molecule has 0 bridgehead atoms. The van der Waals surface area contributed by atoms with Gasteiger partial charge in [-0.1, -0.05) is 18.2 Å². The molecule has 0 fully saturated rings. The van der Waals surface area contributed by atoms with Gasteiger partial charge in [-0.15, -0.1) is 5.10 Å². The minimum atomic E-state index is -0.664. The van der Waals surface area contributed by atoms with Gasteiger partial charge in [0.1, 0.15) is 5.69 Å². The molecule has 0 unspecified atom stereocenters. The van der Waals surface area contributed by atoms with E-state index in [0.717, 1.165) is 5.69 Å². The van der Waals surface area contributed by atoms with Crippen LogP contribution < -0.4 is 10.9 Å². The number of fused-ring (bicyclic) bond motifs is 2. The van der Waals surface area contributed by atoms with Gasteiger partial charge < -0.3 is 4.42 Å². The Morgan fingerprint density at radius 2 is 1.84 bits per heavy atom. The third-order valence-corrected chi connectivity index (χ3v) is 4.66. The highest BCUT2D eigenvalue weighted by Crippen LogP contribution is 2.25. The monoisotopic (exact) mass is 413 g/mol. The molecule has 10 nitrogen and oxygen atoms in total. The molecule has 5 rings (SSSR count). The molecule has 2 N–H and O–H groups in total. The van der Waals surface area contributed by atoms with Crippen LogP contribution in [0.3, 0.4) is 0 Å². The molecular weight excluding hydrogens is 398 g/mol. The molecule has 0 aliphatic carbocycles. The van der Waals surface area contributed by atoms with E-state index in [1.165, 1.54) is 10.8 Å². The second kappa shape index (κ2) is 7.34. The second-order valence-corrected chi connectivity index (χ2v) is 6.69. The summed E-state index contributed by atoms with van der Waals surface area (Å²) in [5.41, 5.74) is 6.99. The quantitative estimate of drug-likeness (QED) is 0.435. The zero-order valence-corrected chi connectivity index (χ0v) is 16.2. The van der Waals surface area contributed by atoms with Crippen LogP contribution in [0, 0.1) is 6.92 Å². The van der Waals surface area contributed by atoms with Crippen LogP contribution in [0.2, 0.25) is 0 Å². The first-order chi connectivity index (χ1) is 15.1. The van der Waals surface area contributed by atoms with Gasteiger partial charge in [-0.3, -0.25) is 20.4 Å². The van der Waals surface area contributed by atoms with Crippen molar-refractivity contribution in [1.82, 2.24) is 35.4 Å². The molecule has 4 aromatic heterocycles. The molecule has 0 radical (unpaired) electrons. The molecule has 5 aromatic rings. The Balaban J connectivity index is 1.42. The fourth-order valence-corrected chi connectivity index (χ4v) is 3.15. The summed E-state index contributed by atoms with van der Waals surface area (Å²) >= 11 is 0. The summed E-state index contributed by atoms with van der Waals surface area (Å²) < 4.78 is 6.86. The lowest BCUT2D eigenvalue weighted by Crippen LogP contribution is -2.42. The molecule has 0 saturated heterocycles. The number of para-hydroxylation sites is 1. The molecule has 0 saturated carbocycles. The maximum Gasteiger partial charge on any atom is 0.309 e. The van der Waals surface area contributed by atoms with Gasteiger partial charge in [-0.25, -0.2) is 14.5 Å². The highest BCUT2D eigenvalue weighted by molar-refractivity contribution is 6.07. The third-order valence-electron chi connectivity index (χ3n) is 4.66. The first-order valence-electron chi connectivity index (χ1n) is 9.33. The van der Waals surface area contributed by atoms with Gasteiger partial charge >= 0.3 is 5.91 Å². The molecule has 0 atom stereocenters. The van der Waals surface area contributed by atoms with Crippen LogP contribution in [0.5, 0.6) is 0 Å². The number of hydrazine groups is 1. The van der Waals surface area contributed by atoms with Gasteiger partial charge in [0.25, 0.3) is 11.7 Å². The number of nitrogens with zero attached hydrogens (tertiary/aromatic N) is 5. The van der Waals surface area contributed by atoms with Crippen LogP contribution in [0.15, 0.2) is 65.4 Å². The maximum absolute atomic E-state index is 12.9. The molecule has 2 amide bonds. The van der Waals surface area contributed by atoms with E-state index in [-0.39, 0.29) is 5.82 Å². The third kappa shape index (κ3) is 3.35. The average molecular weight is 413 g/mol. The molecule has 4 heterocycles. The molecule has 0 spiro atoms. The first-order valence-corrected chi connectivity index (χ1v) is 9.33. The molecular formula is C21H15N7O3. The SMILES string of the molecule is Cc1ccnc2nc(C(=O)NNC(=O)c3cc(-c4ccco4)nc4ccccc34)nn12. The number of benzene rings is 1. The predicted octanol–water partition coefficient (Wildman–Crippen LogP) is 2.32. The Kier molecular flexibility index (Phi) is 4.36. The maximum atomic E-state index is 12.9. The van der Waals surface area contributed by atoms with E-state index in [1.54, 1.807) is 42.6 Å². The summed E-state index contributed by atoms with van der Waals surface area (Å²) in [7, 11) is 0. The predicted molar refractivity (Wildman–Crippen MR) is 110 cm³/mol. The lowest BCUT2D eigenvalue weighted by atomic mass is 10.1. The number of furan rings is 1. The molecule has 31 heavy (non-hydrogen) atoms. The average Bonchev–Trinajstić information content (AvgIpc) is 3.47. The van der Waals surface area contributed by atoms with Crippen molar-refractivity contribution in [2.24, 2.45) is 0 Å². The van der Waals surface area contributed by atoms with Crippen LogP contribution in [0.25, 0.3) is 28.1 Å². The number of hydrogen-bond donors (Lipinski definition) is 2. The van der Waals surface area contributed by atoms with E-state index in [4.69, 9.17) is 4.42 Å². The zero-order valence-electron chi connectivity index (χ0n) is 16.2. The number of aryl methyl sites for hydroxylation is 1. The number of nitrogens with one attached hydrogen (secondary N) is 2. The number of amides is 2. The summed E-state index contributed by atoms with van der Waals surface area (Å²) in [4.78, 5) is 38.0. The minimum Gasteiger partial charge on any atom is -0.463 e. The molecule has 0 aliphatic rings. The van der Waals surface area contributed by atoms with Crippen LogP contribution >= 0.6 is 0 Å². The topological polar surface area (TPSA) is 127 Å². The van der Waals surface area contributed by atoms with E-state index >= 15 is 0 Å². The Morgan fingerprint density at radius 3 is 2.65 bits per heavy atom. The standard InChI is InChI=1S/C21H15N7O3/c1-12-8-9-22-21-24-18(27-28(12)21)20(30)26-25-19(29)14-11-16(17-7-4-10-31-17)23-15-6-3-2-5-13(14)15/h2-11H,1H3,(H,25,29)(H,26,30). The number of hydrogen-bond acceptors (Lipinski definition) is 7. The number of rotatable bonds is 3. The highest BCUT2D eigenvalue weighted by atomic mass is 16.3. The van der Waals surface area contributed by atoms with Crippen molar-refractivity contribution in [2.45, 2.75) is 6.92 Å². The van der Waals surface area contributed by atoms with Crippen molar-refractivity contribution in [3.8, 4) is 11.5 Å². The summed E-state index contributed by atoms with van der Waals surface area (Å²) in [5.74, 6) is -0.473. The van der Waals surface area contributed by atoms with Gasteiger partial charge in [0, 0.05) is 17.3 Å². The fraction of sp³-hybridized carbons (Fsp3) is 0.0476. The molecule has 152 valence electrons. The van der Waals surface area contributed by atoms with Gasteiger partial charge in [-0.2, -0.15) is 4.98 Å². The highest BCUT2D eigenvalue weighted by Gasteiger charge is 2.18. The Bertz CT molecular complexity index is 1440. The van der Waals surface area contributed by atoms with Crippen LogP contribution in [-0.2, 0) is 0 Å². The van der Waals surface area contributed by atoms with E-state index in [2.05, 4.69) is 30.9 Å². The summed E-state index contributed by atoms with van der Waals surface area (Å²) in [5, 5.41) is 4.75. The van der Waals surface area contributed by atoms with Gasteiger partial charge in [0.2, 0.25) is 5.82 Å². The molecule has 10 heteroatoms. The molecule has 0 aliphatic heterocycles. The summed E-state index contributed by atoms with van der Waals surface area (Å²) in [6, 6.07) is 14.1. The van der Waals surface area contributed by atoms with Crippen LogP contribution in [0.1, 0.15) is 26.7 Å². The van der Waals surface area contributed by atoms with E-state index in [1.807, 2.05) is 19.1 Å². The Morgan fingerprint density at radius 1 is 1.00 bits per heavy atom. The number of carbonyl (C=O) groups is 2. The number of aromatic nitrogens is 5. The van der Waals surface area contributed by atoms with Crippen molar-refractivity contribution in [3.05, 3.63) is 78.1 Å². The van der Waals surface area contributed by atoms with Crippen molar-refractivity contribution in [2.75, 3.05) is 0 Å². The molecule has 1 aromatic carbocycles. The zero-order chi connectivity index (χ0) is 21.4. The Labute approximate surface area is 174 Å². The number of carbonyl (C=O) groups excluding carboxylic acids is 2. The van der Waals surface area contributed by atoms with Gasteiger partial charge in [0.15, 0.2) is 5.76 Å². The normalized spacial score (nSPS) is 11.0. The van der Waals surface area contributed by atoms with Crippen LogP contribution in [0.4, 0.5) is 0 Å². The van der Waals surface area contributed by atoms with Crippen molar-refractivity contribution < 1.29 is 14.0 Å². The van der Waals surface area contributed by atoms with Gasteiger partial charge in [-0.05, 0) is 37.3 Å².